The van der Waals surface area contributed by atoms with Gasteiger partial charge in [0.25, 0.3) is 5.69 Å². The van der Waals surface area contributed by atoms with Crippen LogP contribution in [0.3, 0.4) is 0 Å². The van der Waals surface area contributed by atoms with Crippen LogP contribution < -0.4 is 10.6 Å². The minimum Gasteiger partial charge on any atom is -0.370 e. The predicted molar refractivity (Wildman–Crippen MR) is 85.9 cm³/mol. The zero-order chi connectivity index (χ0) is 16.0. The van der Waals surface area contributed by atoms with Crippen LogP contribution >= 0.6 is 0 Å². The van der Waals surface area contributed by atoms with Crippen LogP contribution in [-0.4, -0.2) is 48.5 Å². The normalized spacial score (nSPS) is 11.5. The molecule has 1 aromatic rings. The standard InChI is InChI=1S/C14H25N5O2/c1-6-15-12-7-11(19(20)21)8-13(17-12)16-9-14(2,3)10-18(4)5/h7-8H,6,9-10H2,1-5H3,(H2,15,16,17). The van der Waals surface area contributed by atoms with Gasteiger partial charge < -0.3 is 15.5 Å². The van der Waals surface area contributed by atoms with Crippen molar-refractivity contribution in [1.82, 2.24) is 9.88 Å². The van der Waals surface area contributed by atoms with E-state index in [1.165, 1.54) is 12.1 Å². The minimum absolute atomic E-state index is 0.0359. The lowest BCUT2D eigenvalue weighted by Crippen LogP contribution is -2.34. The van der Waals surface area contributed by atoms with Gasteiger partial charge in [-0.25, -0.2) is 4.98 Å². The van der Waals surface area contributed by atoms with Crippen molar-refractivity contribution in [3.05, 3.63) is 22.2 Å². The largest absolute Gasteiger partial charge is 0.370 e. The number of nitrogens with one attached hydrogen (secondary N) is 2. The summed E-state index contributed by atoms with van der Waals surface area (Å²) in [5, 5.41) is 17.2. The molecule has 0 aromatic carbocycles. The van der Waals surface area contributed by atoms with Gasteiger partial charge in [0.05, 0.1) is 17.1 Å². The topological polar surface area (TPSA) is 83.3 Å². The summed E-state index contributed by atoms with van der Waals surface area (Å²) < 4.78 is 0. The Morgan fingerprint density at radius 3 is 2.33 bits per heavy atom. The third-order valence-corrected chi connectivity index (χ3v) is 2.87. The summed E-state index contributed by atoms with van der Waals surface area (Å²) in [5.41, 5.74) is 0.0718. The van der Waals surface area contributed by atoms with Crippen LogP contribution in [0.25, 0.3) is 0 Å². The highest BCUT2D eigenvalue weighted by Gasteiger charge is 2.19. The zero-order valence-electron chi connectivity index (χ0n) is 13.4. The van der Waals surface area contributed by atoms with Crippen LogP contribution in [0.5, 0.6) is 0 Å². The van der Waals surface area contributed by atoms with E-state index in [0.717, 1.165) is 6.54 Å². The molecule has 0 aliphatic carbocycles. The summed E-state index contributed by atoms with van der Waals surface area (Å²) in [7, 11) is 4.05. The highest BCUT2D eigenvalue weighted by molar-refractivity contribution is 5.54. The van der Waals surface area contributed by atoms with Crippen molar-refractivity contribution in [2.75, 3.05) is 44.4 Å². The summed E-state index contributed by atoms with van der Waals surface area (Å²) in [6, 6.07) is 2.91. The summed E-state index contributed by atoms with van der Waals surface area (Å²) in [6.07, 6.45) is 0. The molecule has 0 unspecified atom stereocenters. The van der Waals surface area contributed by atoms with Gasteiger partial charge in [-0.15, -0.1) is 0 Å². The highest BCUT2D eigenvalue weighted by Crippen LogP contribution is 2.22. The molecule has 0 saturated carbocycles. The van der Waals surface area contributed by atoms with Gasteiger partial charge in [-0.1, -0.05) is 13.8 Å². The Bertz CT molecular complexity index is 488. The molecular weight excluding hydrogens is 270 g/mol. The number of anilines is 2. The maximum absolute atomic E-state index is 11.0. The summed E-state index contributed by atoms with van der Waals surface area (Å²) in [6.45, 7) is 8.47. The molecule has 0 spiro atoms. The lowest BCUT2D eigenvalue weighted by Gasteiger charge is -2.28. The van der Waals surface area contributed by atoms with E-state index < -0.39 is 4.92 Å². The first-order valence-corrected chi connectivity index (χ1v) is 7.02. The number of rotatable bonds is 8. The fourth-order valence-electron chi connectivity index (χ4n) is 2.23. The first kappa shape index (κ1) is 17.2. The predicted octanol–water partition coefficient (Wildman–Crippen LogP) is 2.42. The fourth-order valence-corrected chi connectivity index (χ4v) is 2.23. The molecule has 0 aliphatic rings. The molecule has 0 radical (unpaired) electrons. The summed E-state index contributed by atoms with van der Waals surface area (Å²) in [5.74, 6) is 1.03. The van der Waals surface area contributed by atoms with Crippen LogP contribution in [0.15, 0.2) is 12.1 Å². The molecule has 0 amide bonds. The minimum atomic E-state index is -0.404. The van der Waals surface area contributed by atoms with Gasteiger partial charge in [0.1, 0.15) is 11.6 Å². The third kappa shape index (κ3) is 5.95. The van der Waals surface area contributed by atoms with Gasteiger partial charge in [0, 0.05) is 19.6 Å². The Balaban J connectivity index is 2.84. The summed E-state index contributed by atoms with van der Waals surface area (Å²) >= 11 is 0. The van der Waals surface area contributed by atoms with Crippen molar-refractivity contribution in [3.63, 3.8) is 0 Å². The van der Waals surface area contributed by atoms with E-state index in [1.807, 2.05) is 21.0 Å². The highest BCUT2D eigenvalue weighted by atomic mass is 16.6. The van der Waals surface area contributed by atoms with E-state index in [4.69, 9.17) is 0 Å². The Labute approximate surface area is 125 Å². The van der Waals surface area contributed by atoms with Gasteiger partial charge in [-0.3, -0.25) is 10.1 Å². The molecule has 118 valence electrons. The second-order valence-corrected chi connectivity index (χ2v) is 6.14. The molecule has 7 heteroatoms. The van der Waals surface area contributed by atoms with Gasteiger partial charge >= 0.3 is 0 Å². The van der Waals surface area contributed by atoms with Crippen molar-refractivity contribution in [1.29, 1.82) is 0 Å². The van der Waals surface area contributed by atoms with E-state index in [1.54, 1.807) is 0 Å². The fraction of sp³-hybridized carbons (Fsp3) is 0.643. The lowest BCUT2D eigenvalue weighted by molar-refractivity contribution is -0.384. The number of hydrogen-bond acceptors (Lipinski definition) is 6. The second-order valence-electron chi connectivity index (χ2n) is 6.14. The number of nitro groups is 1. The molecule has 7 nitrogen and oxygen atoms in total. The molecule has 2 N–H and O–H groups in total. The Kier molecular flexibility index (Phi) is 5.90. The zero-order valence-corrected chi connectivity index (χ0v) is 13.4. The number of aromatic nitrogens is 1. The molecule has 1 rings (SSSR count). The van der Waals surface area contributed by atoms with Gasteiger partial charge in [0.2, 0.25) is 0 Å². The van der Waals surface area contributed by atoms with Crippen molar-refractivity contribution in [3.8, 4) is 0 Å². The monoisotopic (exact) mass is 295 g/mol. The van der Waals surface area contributed by atoms with E-state index >= 15 is 0 Å². The third-order valence-electron chi connectivity index (χ3n) is 2.87. The Morgan fingerprint density at radius 2 is 1.86 bits per heavy atom. The van der Waals surface area contributed by atoms with Crippen molar-refractivity contribution in [2.24, 2.45) is 5.41 Å². The smallest absolute Gasteiger partial charge is 0.276 e. The van der Waals surface area contributed by atoms with Crippen LogP contribution in [0.1, 0.15) is 20.8 Å². The number of nitrogens with zero attached hydrogens (tertiary/aromatic N) is 3. The van der Waals surface area contributed by atoms with Gasteiger partial charge in [0.15, 0.2) is 0 Å². The van der Waals surface area contributed by atoms with Gasteiger partial charge in [-0.2, -0.15) is 0 Å². The first-order valence-electron chi connectivity index (χ1n) is 7.02. The Morgan fingerprint density at radius 1 is 1.29 bits per heavy atom. The van der Waals surface area contributed by atoms with E-state index in [2.05, 4.69) is 34.4 Å². The van der Waals surface area contributed by atoms with E-state index in [-0.39, 0.29) is 11.1 Å². The maximum atomic E-state index is 11.0. The molecule has 0 fully saturated rings. The van der Waals surface area contributed by atoms with Crippen LogP contribution in [0.4, 0.5) is 17.3 Å². The van der Waals surface area contributed by atoms with Crippen LogP contribution in [0, 0.1) is 15.5 Å². The van der Waals surface area contributed by atoms with Crippen molar-refractivity contribution < 1.29 is 4.92 Å². The molecule has 21 heavy (non-hydrogen) atoms. The average molecular weight is 295 g/mol. The van der Waals surface area contributed by atoms with E-state index in [0.29, 0.717) is 24.7 Å². The number of hydrogen-bond donors (Lipinski definition) is 2. The average Bonchev–Trinajstić information content (AvgIpc) is 2.35. The molecule has 0 bridgehead atoms. The summed E-state index contributed by atoms with van der Waals surface area (Å²) in [4.78, 5) is 17.0. The SMILES string of the molecule is CCNc1cc([N+](=O)[O-])cc(NCC(C)(C)CN(C)C)n1. The molecule has 0 aliphatic heterocycles. The molecular formula is C14H25N5O2. The van der Waals surface area contributed by atoms with Crippen molar-refractivity contribution in [2.45, 2.75) is 20.8 Å². The van der Waals surface area contributed by atoms with Gasteiger partial charge in [-0.05, 0) is 26.4 Å². The maximum Gasteiger partial charge on any atom is 0.276 e. The van der Waals surface area contributed by atoms with E-state index in [9.17, 15) is 10.1 Å². The quantitative estimate of drug-likeness (QED) is 0.566. The lowest BCUT2D eigenvalue weighted by atomic mass is 9.93. The van der Waals surface area contributed by atoms with Crippen LogP contribution in [-0.2, 0) is 0 Å². The molecule has 1 aromatic heterocycles. The van der Waals surface area contributed by atoms with Crippen LogP contribution in [0.2, 0.25) is 0 Å². The molecule has 0 atom stereocenters. The number of pyridine rings is 1. The molecule has 0 saturated heterocycles. The first-order chi connectivity index (χ1) is 9.73. The van der Waals surface area contributed by atoms with Crippen molar-refractivity contribution >= 4 is 17.3 Å². The molecule has 1 heterocycles. The Hall–Kier alpha value is -1.89. The second kappa shape index (κ2) is 7.21.